The molecule has 1 heterocycles. The van der Waals surface area contributed by atoms with Gasteiger partial charge in [-0.3, -0.25) is 4.99 Å². The highest BCUT2D eigenvalue weighted by molar-refractivity contribution is 5.92. The topological polar surface area (TPSA) is 78.1 Å². The summed E-state index contributed by atoms with van der Waals surface area (Å²) in [6, 6.07) is 13.9. The minimum absolute atomic E-state index is 0.411. The highest BCUT2D eigenvalue weighted by Crippen LogP contribution is 2.32. The second kappa shape index (κ2) is 9.71. The summed E-state index contributed by atoms with van der Waals surface area (Å²) in [7, 11) is 1.68. The number of hydrogen-bond acceptors (Lipinski definition) is 4. The number of fused-ring (bicyclic) bond motifs is 1. The number of guanidine groups is 1. The van der Waals surface area contributed by atoms with Gasteiger partial charge in [-0.15, -0.1) is 0 Å². The van der Waals surface area contributed by atoms with Gasteiger partial charge >= 0.3 is 0 Å². The van der Waals surface area contributed by atoms with E-state index in [1.54, 1.807) is 7.11 Å². The summed E-state index contributed by atoms with van der Waals surface area (Å²) in [5, 5.41) is 3.11. The lowest BCUT2D eigenvalue weighted by molar-refractivity contribution is 0.297. The molecule has 3 rings (SSSR count). The van der Waals surface area contributed by atoms with Crippen molar-refractivity contribution >= 4 is 11.6 Å². The number of ether oxygens (including phenoxy) is 3. The number of methoxy groups -OCH3 is 1. The Kier molecular flexibility index (Phi) is 6.79. The maximum absolute atomic E-state index is 5.99. The minimum Gasteiger partial charge on any atom is -0.497 e. The SMILES string of the molecule is COc1ccc(CCCCN=C(N)Nc2ccc3c(c2)OCCCO3)cc1. The van der Waals surface area contributed by atoms with Gasteiger partial charge in [0.1, 0.15) is 5.75 Å². The molecular weight excluding hydrogens is 342 g/mol. The number of benzene rings is 2. The maximum Gasteiger partial charge on any atom is 0.193 e. The first-order valence-electron chi connectivity index (χ1n) is 9.34. The van der Waals surface area contributed by atoms with Crippen molar-refractivity contribution in [2.45, 2.75) is 25.7 Å². The molecule has 0 aliphatic carbocycles. The normalized spacial score (nSPS) is 13.7. The second-order valence-electron chi connectivity index (χ2n) is 6.41. The quantitative estimate of drug-likeness (QED) is 0.443. The summed E-state index contributed by atoms with van der Waals surface area (Å²) in [6.45, 7) is 2.04. The highest BCUT2D eigenvalue weighted by Gasteiger charge is 2.10. The van der Waals surface area contributed by atoms with E-state index in [2.05, 4.69) is 22.4 Å². The Bertz CT molecular complexity index is 760. The van der Waals surface area contributed by atoms with Crippen LogP contribution in [0.5, 0.6) is 17.2 Å². The van der Waals surface area contributed by atoms with Crippen LogP contribution in [-0.4, -0.2) is 32.8 Å². The van der Waals surface area contributed by atoms with E-state index in [4.69, 9.17) is 19.9 Å². The Morgan fingerprint density at radius 2 is 1.85 bits per heavy atom. The van der Waals surface area contributed by atoms with Crippen molar-refractivity contribution in [2.75, 3.05) is 32.2 Å². The lowest BCUT2D eigenvalue weighted by atomic mass is 10.1. The van der Waals surface area contributed by atoms with Crippen LogP contribution < -0.4 is 25.3 Å². The molecule has 0 spiro atoms. The largest absolute Gasteiger partial charge is 0.497 e. The summed E-state index contributed by atoms with van der Waals surface area (Å²) in [6.07, 6.45) is 3.95. The van der Waals surface area contributed by atoms with Crippen molar-refractivity contribution in [3.63, 3.8) is 0 Å². The molecule has 3 N–H and O–H groups in total. The average Bonchev–Trinajstić information content (AvgIpc) is 2.93. The van der Waals surface area contributed by atoms with Crippen molar-refractivity contribution in [3.8, 4) is 17.2 Å². The molecule has 0 radical (unpaired) electrons. The van der Waals surface area contributed by atoms with Crippen molar-refractivity contribution in [1.82, 2.24) is 0 Å². The molecular formula is C21H27N3O3. The van der Waals surface area contributed by atoms with Gasteiger partial charge in [-0.2, -0.15) is 0 Å². The summed E-state index contributed by atoms with van der Waals surface area (Å²) < 4.78 is 16.5. The van der Waals surface area contributed by atoms with Gasteiger partial charge in [-0.1, -0.05) is 12.1 Å². The lowest BCUT2D eigenvalue weighted by Crippen LogP contribution is -2.22. The molecule has 0 bridgehead atoms. The Hall–Kier alpha value is -2.89. The van der Waals surface area contributed by atoms with Gasteiger partial charge < -0.3 is 25.3 Å². The number of aryl methyl sites for hydroxylation is 1. The second-order valence-corrected chi connectivity index (χ2v) is 6.41. The van der Waals surface area contributed by atoms with E-state index in [0.717, 1.165) is 48.6 Å². The third kappa shape index (κ3) is 5.81. The summed E-state index contributed by atoms with van der Waals surface area (Å²) in [5.74, 6) is 2.81. The Morgan fingerprint density at radius 3 is 2.63 bits per heavy atom. The number of unbranched alkanes of at least 4 members (excludes halogenated alkanes) is 1. The predicted octanol–water partition coefficient (Wildman–Crippen LogP) is 3.61. The molecule has 0 amide bonds. The van der Waals surface area contributed by atoms with Gasteiger partial charge in [-0.25, -0.2) is 0 Å². The van der Waals surface area contributed by atoms with E-state index >= 15 is 0 Å². The third-order valence-corrected chi connectivity index (χ3v) is 4.33. The molecule has 0 saturated carbocycles. The van der Waals surface area contributed by atoms with E-state index < -0.39 is 0 Å². The number of nitrogens with one attached hydrogen (secondary N) is 1. The van der Waals surface area contributed by atoms with Crippen molar-refractivity contribution in [3.05, 3.63) is 48.0 Å². The third-order valence-electron chi connectivity index (χ3n) is 4.33. The van der Waals surface area contributed by atoms with Crippen LogP contribution in [0, 0.1) is 0 Å². The monoisotopic (exact) mass is 369 g/mol. The summed E-state index contributed by atoms with van der Waals surface area (Å²) in [4.78, 5) is 4.40. The zero-order valence-electron chi connectivity index (χ0n) is 15.7. The Labute approximate surface area is 160 Å². The zero-order valence-corrected chi connectivity index (χ0v) is 15.7. The molecule has 0 atom stereocenters. The molecule has 2 aromatic rings. The van der Waals surface area contributed by atoms with Gasteiger partial charge in [0.15, 0.2) is 17.5 Å². The van der Waals surface area contributed by atoms with E-state index in [0.29, 0.717) is 25.7 Å². The summed E-state index contributed by atoms with van der Waals surface area (Å²) in [5.41, 5.74) is 8.14. The lowest BCUT2D eigenvalue weighted by Gasteiger charge is -2.10. The highest BCUT2D eigenvalue weighted by atomic mass is 16.5. The molecule has 0 fully saturated rings. The molecule has 27 heavy (non-hydrogen) atoms. The first kappa shape index (κ1) is 18.9. The van der Waals surface area contributed by atoms with E-state index in [1.165, 1.54) is 5.56 Å². The number of rotatable bonds is 7. The standard InChI is InChI=1S/C21H27N3O3/c1-25-18-9-6-16(7-10-18)5-2-3-12-23-21(22)24-17-8-11-19-20(15-17)27-14-4-13-26-19/h6-11,15H,2-5,12-14H2,1H3,(H3,22,23,24). The number of nitrogens with two attached hydrogens (primary N) is 1. The maximum atomic E-state index is 5.99. The number of hydrogen-bond donors (Lipinski definition) is 2. The first-order valence-corrected chi connectivity index (χ1v) is 9.34. The van der Waals surface area contributed by atoms with Gasteiger partial charge in [-0.05, 0) is 49.1 Å². The smallest absolute Gasteiger partial charge is 0.193 e. The van der Waals surface area contributed by atoms with Crippen molar-refractivity contribution < 1.29 is 14.2 Å². The average molecular weight is 369 g/mol. The predicted molar refractivity (Wildman–Crippen MR) is 108 cm³/mol. The first-order chi connectivity index (χ1) is 13.2. The molecule has 144 valence electrons. The van der Waals surface area contributed by atoms with Crippen LogP contribution in [-0.2, 0) is 6.42 Å². The van der Waals surface area contributed by atoms with Crippen LogP contribution >= 0.6 is 0 Å². The molecule has 1 aliphatic rings. The fourth-order valence-electron chi connectivity index (χ4n) is 2.86. The Balaban J connectivity index is 1.42. The van der Waals surface area contributed by atoms with Crippen LogP contribution in [0.15, 0.2) is 47.5 Å². The molecule has 0 unspecified atom stereocenters. The number of anilines is 1. The van der Waals surface area contributed by atoms with Crippen LogP contribution in [0.4, 0.5) is 5.69 Å². The van der Waals surface area contributed by atoms with Gasteiger partial charge in [0, 0.05) is 24.7 Å². The van der Waals surface area contributed by atoms with Crippen LogP contribution in [0.1, 0.15) is 24.8 Å². The fraction of sp³-hybridized carbons (Fsp3) is 0.381. The zero-order chi connectivity index (χ0) is 18.9. The van der Waals surface area contributed by atoms with E-state index in [-0.39, 0.29) is 0 Å². The van der Waals surface area contributed by atoms with E-state index in [9.17, 15) is 0 Å². The van der Waals surface area contributed by atoms with Gasteiger partial charge in [0.25, 0.3) is 0 Å². The number of aliphatic imine (C=N–C) groups is 1. The van der Waals surface area contributed by atoms with Crippen molar-refractivity contribution in [1.29, 1.82) is 0 Å². The van der Waals surface area contributed by atoms with Crippen LogP contribution in [0.25, 0.3) is 0 Å². The fourth-order valence-corrected chi connectivity index (χ4v) is 2.86. The summed E-state index contributed by atoms with van der Waals surface area (Å²) >= 11 is 0. The van der Waals surface area contributed by atoms with Crippen LogP contribution in [0.2, 0.25) is 0 Å². The molecule has 0 aromatic heterocycles. The molecule has 6 nitrogen and oxygen atoms in total. The molecule has 1 aliphatic heterocycles. The molecule has 2 aromatic carbocycles. The van der Waals surface area contributed by atoms with Crippen molar-refractivity contribution in [2.24, 2.45) is 10.7 Å². The van der Waals surface area contributed by atoms with Gasteiger partial charge in [0.05, 0.1) is 20.3 Å². The van der Waals surface area contributed by atoms with E-state index in [1.807, 2.05) is 30.3 Å². The minimum atomic E-state index is 0.411. The van der Waals surface area contributed by atoms with Gasteiger partial charge in [0.2, 0.25) is 0 Å². The van der Waals surface area contributed by atoms with Crippen LogP contribution in [0.3, 0.4) is 0 Å². The number of nitrogens with zero attached hydrogens (tertiary/aromatic N) is 1. The molecule has 0 saturated heterocycles. The molecule has 6 heteroatoms. The Morgan fingerprint density at radius 1 is 1.07 bits per heavy atom.